The lowest BCUT2D eigenvalue weighted by Crippen LogP contribution is -2.05. The fourth-order valence-corrected chi connectivity index (χ4v) is 0.968. The zero-order valence-corrected chi connectivity index (χ0v) is 9.01. The van der Waals surface area contributed by atoms with Crippen LogP contribution in [0.4, 0.5) is 5.95 Å². The largest absolute Gasteiger partial charge is 0.463 e. The van der Waals surface area contributed by atoms with Gasteiger partial charge in [0, 0.05) is 7.05 Å². The van der Waals surface area contributed by atoms with E-state index in [9.17, 15) is 0 Å². The minimum absolute atomic E-state index is 0.135. The monoisotopic (exact) mass is 216 g/mol. The highest BCUT2D eigenvalue weighted by Crippen LogP contribution is 2.10. The summed E-state index contributed by atoms with van der Waals surface area (Å²) in [6.45, 7) is 2.68. The molecule has 0 bridgehead atoms. The number of halogens is 1. The average molecular weight is 217 g/mol. The van der Waals surface area contributed by atoms with Crippen LogP contribution >= 0.6 is 11.6 Å². The lowest BCUT2D eigenvalue weighted by molar-refractivity contribution is 0.285. The first kappa shape index (κ1) is 11.0. The van der Waals surface area contributed by atoms with Crippen LogP contribution in [0.5, 0.6) is 6.01 Å². The summed E-state index contributed by atoms with van der Waals surface area (Å²) in [5.41, 5.74) is 0. The molecule has 0 fully saturated rings. The molecule has 14 heavy (non-hydrogen) atoms. The molecule has 0 unspecified atom stereocenters. The lowest BCUT2D eigenvalue weighted by Gasteiger charge is -2.04. The maximum atomic E-state index is 5.66. The summed E-state index contributed by atoms with van der Waals surface area (Å²) in [6.07, 6.45) is 2.04. The Morgan fingerprint density at radius 1 is 1.36 bits per heavy atom. The highest BCUT2D eigenvalue weighted by molar-refractivity contribution is 6.28. The number of anilines is 1. The van der Waals surface area contributed by atoms with Gasteiger partial charge in [0.1, 0.15) is 0 Å². The van der Waals surface area contributed by atoms with E-state index in [-0.39, 0.29) is 11.3 Å². The zero-order valence-electron chi connectivity index (χ0n) is 8.25. The van der Waals surface area contributed by atoms with Crippen molar-refractivity contribution in [2.75, 3.05) is 19.0 Å². The van der Waals surface area contributed by atoms with E-state index in [4.69, 9.17) is 16.3 Å². The molecule has 1 heterocycles. The zero-order chi connectivity index (χ0) is 10.4. The molecule has 5 nitrogen and oxygen atoms in total. The lowest BCUT2D eigenvalue weighted by atomic mass is 10.4. The highest BCUT2D eigenvalue weighted by atomic mass is 35.5. The summed E-state index contributed by atoms with van der Waals surface area (Å²) >= 11 is 5.66. The topological polar surface area (TPSA) is 59.9 Å². The molecule has 6 heteroatoms. The third-order valence-corrected chi connectivity index (χ3v) is 1.71. The summed E-state index contributed by atoms with van der Waals surface area (Å²) < 4.78 is 5.28. The highest BCUT2D eigenvalue weighted by Gasteiger charge is 2.03. The Balaban J connectivity index is 2.62. The summed E-state index contributed by atoms with van der Waals surface area (Å²) in [5.74, 6) is 0.413. The van der Waals surface area contributed by atoms with Crippen LogP contribution in [0.15, 0.2) is 0 Å². The number of nitrogens with one attached hydrogen (secondary N) is 1. The van der Waals surface area contributed by atoms with Crippen molar-refractivity contribution in [2.45, 2.75) is 19.8 Å². The quantitative estimate of drug-likeness (QED) is 0.760. The second kappa shape index (κ2) is 5.59. The Bertz CT molecular complexity index is 295. The van der Waals surface area contributed by atoms with Gasteiger partial charge in [-0.3, -0.25) is 0 Å². The maximum absolute atomic E-state index is 5.66. The molecule has 1 aromatic heterocycles. The molecule has 0 aliphatic carbocycles. The van der Waals surface area contributed by atoms with Gasteiger partial charge in [0.05, 0.1) is 6.61 Å². The molecular formula is C8H13ClN4O. The summed E-state index contributed by atoms with van der Waals surface area (Å²) in [7, 11) is 1.71. The molecule has 0 aliphatic rings. The molecule has 0 aliphatic heterocycles. The Hall–Kier alpha value is -1.10. The van der Waals surface area contributed by atoms with Crippen molar-refractivity contribution in [3.05, 3.63) is 5.28 Å². The van der Waals surface area contributed by atoms with E-state index in [1.807, 2.05) is 0 Å². The minimum Gasteiger partial charge on any atom is -0.463 e. The number of aromatic nitrogens is 3. The normalized spacial score (nSPS) is 9.93. The van der Waals surface area contributed by atoms with Crippen molar-refractivity contribution in [3.8, 4) is 6.01 Å². The molecule has 0 radical (unpaired) electrons. The standard InChI is InChI=1S/C8H13ClN4O/c1-3-4-5-14-8-12-6(9)11-7(10-2)13-8/h3-5H2,1-2H3,(H,10,11,12,13). The van der Waals surface area contributed by atoms with Crippen molar-refractivity contribution < 1.29 is 4.74 Å². The van der Waals surface area contributed by atoms with E-state index in [1.165, 1.54) is 0 Å². The molecule has 1 aromatic rings. The van der Waals surface area contributed by atoms with Gasteiger partial charge in [0.2, 0.25) is 11.2 Å². The first-order valence-electron chi connectivity index (χ1n) is 4.48. The predicted molar refractivity (Wildman–Crippen MR) is 54.8 cm³/mol. The van der Waals surface area contributed by atoms with E-state index in [1.54, 1.807) is 7.05 Å². The third-order valence-electron chi connectivity index (χ3n) is 1.54. The molecule has 0 spiro atoms. The number of ether oxygens (including phenoxy) is 1. The van der Waals surface area contributed by atoms with E-state index in [2.05, 4.69) is 27.2 Å². The van der Waals surface area contributed by atoms with Gasteiger partial charge in [-0.2, -0.15) is 15.0 Å². The van der Waals surface area contributed by atoms with Crippen molar-refractivity contribution >= 4 is 17.5 Å². The maximum Gasteiger partial charge on any atom is 0.322 e. The van der Waals surface area contributed by atoms with E-state index >= 15 is 0 Å². The van der Waals surface area contributed by atoms with Gasteiger partial charge in [-0.15, -0.1) is 0 Å². The first-order chi connectivity index (χ1) is 6.76. The Labute approximate surface area is 87.9 Å². The van der Waals surface area contributed by atoms with Crippen molar-refractivity contribution in [3.63, 3.8) is 0 Å². The van der Waals surface area contributed by atoms with Crippen LogP contribution in [-0.2, 0) is 0 Å². The van der Waals surface area contributed by atoms with Crippen molar-refractivity contribution in [1.82, 2.24) is 15.0 Å². The Morgan fingerprint density at radius 3 is 2.79 bits per heavy atom. The average Bonchev–Trinajstić information content (AvgIpc) is 2.17. The fourth-order valence-electron chi connectivity index (χ4n) is 0.816. The van der Waals surface area contributed by atoms with Gasteiger partial charge in [-0.25, -0.2) is 0 Å². The summed E-state index contributed by atoms with van der Waals surface area (Å²) in [6, 6.07) is 0.266. The molecular weight excluding hydrogens is 204 g/mol. The minimum atomic E-state index is 0.135. The second-order valence-electron chi connectivity index (χ2n) is 2.66. The Morgan fingerprint density at radius 2 is 2.14 bits per heavy atom. The van der Waals surface area contributed by atoms with Gasteiger partial charge < -0.3 is 10.1 Å². The first-order valence-corrected chi connectivity index (χ1v) is 4.86. The smallest absolute Gasteiger partial charge is 0.322 e. The van der Waals surface area contributed by atoms with Crippen LogP contribution in [0.25, 0.3) is 0 Å². The summed E-state index contributed by atoms with van der Waals surface area (Å²) in [5, 5.41) is 2.91. The van der Waals surface area contributed by atoms with Gasteiger partial charge in [0.15, 0.2) is 0 Å². The second-order valence-corrected chi connectivity index (χ2v) is 3.00. The molecule has 0 amide bonds. The van der Waals surface area contributed by atoms with Crippen molar-refractivity contribution in [2.24, 2.45) is 0 Å². The number of hydrogen-bond acceptors (Lipinski definition) is 5. The number of rotatable bonds is 5. The van der Waals surface area contributed by atoms with Crippen LogP contribution in [0.3, 0.4) is 0 Å². The molecule has 0 aromatic carbocycles. The molecule has 0 saturated carbocycles. The van der Waals surface area contributed by atoms with Crippen molar-refractivity contribution in [1.29, 1.82) is 0 Å². The van der Waals surface area contributed by atoms with E-state index in [0.717, 1.165) is 12.8 Å². The van der Waals surface area contributed by atoms with Crippen LogP contribution in [-0.4, -0.2) is 28.6 Å². The molecule has 1 rings (SSSR count). The van der Waals surface area contributed by atoms with E-state index in [0.29, 0.717) is 12.6 Å². The van der Waals surface area contributed by atoms with Gasteiger partial charge >= 0.3 is 6.01 Å². The molecule has 1 N–H and O–H groups in total. The van der Waals surface area contributed by atoms with Crippen LogP contribution in [0.2, 0.25) is 5.28 Å². The SMILES string of the molecule is CCCCOc1nc(Cl)nc(NC)n1. The van der Waals surface area contributed by atoms with Gasteiger partial charge in [-0.05, 0) is 18.0 Å². The van der Waals surface area contributed by atoms with Crippen LogP contribution in [0, 0.1) is 0 Å². The third kappa shape index (κ3) is 3.33. The number of nitrogens with zero attached hydrogens (tertiary/aromatic N) is 3. The fraction of sp³-hybridized carbons (Fsp3) is 0.625. The Kier molecular flexibility index (Phi) is 4.39. The number of hydrogen-bond donors (Lipinski definition) is 1. The van der Waals surface area contributed by atoms with Crippen LogP contribution < -0.4 is 10.1 Å². The molecule has 0 atom stereocenters. The molecule has 0 saturated heterocycles. The van der Waals surface area contributed by atoms with Gasteiger partial charge in [-0.1, -0.05) is 13.3 Å². The summed E-state index contributed by atoms with van der Waals surface area (Å²) in [4.78, 5) is 11.7. The van der Waals surface area contributed by atoms with Gasteiger partial charge in [0.25, 0.3) is 0 Å². The van der Waals surface area contributed by atoms with Crippen LogP contribution in [0.1, 0.15) is 19.8 Å². The number of unbranched alkanes of at least 4 members (excludes halogenated alkanes) is 1. The molecule has 78 valence electrons. The van der Waals surface area contributed by atoms with E-state index < -0.39 is 0 Å². The predicted octanol–water partition coefficient (Wildman–Crippen LogP) is 1.75.